The van der Waals surface area contributed by atoms with E-state index in [0.29, 0.717) is 43.0 Å². The zero-order chi connectivity index (χ0) is 21.1. The third-order valence-electron chi connectivity index (χ3n) is 7.25. The van der Waals surface area contributed by atoms with Gasteiger partial charge in [-0.2, -0.15) is 0 Å². The third-order valence-corrected chi connectivity index (χ3v) is 8.06. The molecule has 6 rings (SSSR count). The van der Waals surface area contributed by atoms with Crippen molar-refractivity contribution < 1.29 is 18.8 Å². The molecule has 3 heterocycles. The summed E-state index contributed by atoms with van der Waals surface area (Å²) < 4.78 is 7.52. The van der Waals surface area contributed by atoms with Crippen molar-refractivity contribution in [1.29, 1.82) is 0 Å². The number of aromatic nitrogens is 1. The molecule has 2 saturated heterocycles. The fraction of sp³-hybridized carbons (Fsp3) is 0.375. The van der Waals surface area contributed by atoms with E-state index in [1.807, 2.05) is 34.7 Å². The summed E-state index contributed by atoms with van der Waals surface area (Å²) in [4.78, 5) is 32.3. The van der Waals surface area contributed by atoms with E-state index in [1.54, 1.807) is 11.3 Å². The topological polar surface area (TPSA) is 59.5 Å². The SMILES string of the molecule is O=C(c1ccc(-c2ccc3scnc3c2)cc1)N1CC[N+]2(CC1)COC1(CCC1)C2=O. The van der Waals surface area contributed by atoms with Gasteiger partial charge < -0.3 is 9.64 Å². The highest BCUT2D eigenvalue weighted by atomic mass is 32.1. The van der Waals surface area contributed by atoms with Crippen LogP contribution in [0.2, 0.25) is 0 Å². The number of ether oxygens (including phenoxy) is 1. The van der Waals surface area contributed by atoms with Gasteiger partial charge in [-0.05, 0) is 54.7 Å². The Labute approximate surface area is 184 Å². The second kappa shape index (κ2) is 6.95. The van der Waals surface area contributed by atoms with Gasteiger partial charge in [0, 0.05) is 5.56 Å². The summed E-state index contributed by atoms with van der Waals surface area (Å²) in [7, 11) is 0. The Morgan fingerprint density at radius 2 is 1.81 bits per heavy atom. The summed E-state index contributed by atoms with van der Waals surface area (Å²) in [6.07, 6.45) is 2.79. The summed E-state index contributed by atoms with van der Waals surface area (Å²) in [6.45, 7) is 2.95. The van der Waals surface area contributed by atoms with E-state index in [4.69, 9.17) is 4.74 Å². The largest absolute Gasteiger partial charge is 0.347 e. The van der Waals surface area contributed by atoms with Gasteiger partial charge in [-0.15, -0.1) is 11.3 Å². The van der Waals surface area contributed by atoms with Crippen molar-refractivity contribution in [2.45, 2.75) is 24.9 Å². The molecule has 0 bridgehead atoms. The van der Waals surface area contributed by atoms with Crippen molar-refractivity contribution in [3.05, 3.63) is 53.5 Å². The smallest absolute Gasteiger partial charge is 0.327 e. The minimum absolute atomic E-state index is 0.0327. The summed E-state index contributed by atoms with van der Waals surface area (Å²) >= 11 is 1.63. The predicted molar refractivity (Wildman–Crippen MR) is 118 cm³/mol. The van der Waals surface area contributed by atoms with Crippen LogP contribution in [0.4, 0.5) is 0 Å². The molecule has 31 heavy (non-hydrogen) atoms. The number of piperazine rings is 1. The number of carbonyl (C=O) groups excluding carboxylic acids is 2. The van der Waals surface area contributed by atoms with Crippen LogP contribution in [0.25, 0.3) is 21.3 Å². The minimum Gasteiger partial charge on any atom is -0.327 e. The first-order chi connectivity index (χ1) is 15.1. The Hall–Kier alpha value is -2.61. The Morgan fingerprint density at radius 1 is 1.06 bits per heavy atom. The zero-order valence-electron chi connectivity index (χ0n) is 17.3. The first-order valence-corrected chi connectivity index (χ1v) is 11.7. The number of thiazole rings is 1. The lowest BCUT2D eigenvalue weighted by molar-refractivity contribution is -0.863. The van der Waals surface area contributed by atoms with Crippen molar-refractivity contribution in [3.63, 3.8) is 0 Å². The standard InChI is InChI=1S/C24H24N3O3S/c28-22(26-10-12-27(13-11-26)16-30-24(23(27)29)8-1-9-24)18-4-2-17(3-5-18)19-6-7-21-20(14-19)25-15-31-21/h2-7,14-15H,1,8-13,16H2/q+1. The number of amides is 2. The van der Waals surface area contributed by atoms with Crippen LogP contribution in [0.3, 0.4) is 0 Å². The van der Waals surface area contributed by atoms with Crippen LogP contribution in [0.1, 0.15) is 29.6 Å². The van der Waals surface area contributed by atoms with Crippen molar-refractivity contribution in [3.8, 4) is 11.1 Å². The molecule has 0 unspecified atom stereocenters. The van der Waals surface area contributed by atoms with E-state index in [2.05, 4.69) is 23.2 Å². The highest BCUT2D eigenvalue weighted by Crippen LogP contribution is 2.44. The van der Waals surface area contributed by atoms with E-state index in [0.717, 1.165) is 35.9 Å². The van der Waals surface area contributed by atoms with Crippen molar-refractivity contribution in [2.24, 2.45) is 0 Å². The van der Waals surface area contributed by atoms with E-state index in [1.165, 1.54) is 4.70 Å². The molecule has 3 aromatic rings. The maximum Gasteiger partial charge on any atom is 0.347 e. The average Bonchev–Trinajstić information content (AvgIpc) is 3.36. The number of hydrogen-bond donors (Lipinski definition) is 0. The minimum atomic E-state index is -0.510. The lowest BCUT2D eigenvalue weighted by atomic mass is 9.79. The molecule has 2 aliphatic heterocycles. The van der Waals surface area contributed by atoms with Gasteiger partial charge in [-0.3, -0.25) is 4.79 Å². The number of carbonyl (C=O) groups is 2. The molecule has 2 spiro atoms. The molecule has 1 aliphatic carbocycles. The zero-order valence-corrected chi connectivity index (χ0v) is 18.1. The maximum atomic E-state index is 13.1. The Balaban J connectivity index is 1.15. The molecule has 6 nitrogen and oxygen atoms in total. The van der Waals surface area contributed by atoms with Gasteiger partial charge in [0.15, 0.2) is 12.3 Å². The van der Waals surface area contributed by atoms with E-state index < -0.39 is 5.60 Å². The van der Waals surface area contributed by atoms with Crippen LogP contribution in [0, 0.1) is 0 Å². The number of hydrogen-bond acceptors (Lipinski definition) is 5. The normalized spacial score (nSPS) is 21.7. The van der Waals surface area contributed by atoms with Crippen LogP contribution < -0.4 is 0 Å². The van der Waals surface area contributed by atoms with E-state index >= 15 is 0 Å². The summed E-state index contributed by atoms with van der Waals surface area (Å²) in [5, 5.41) is 0. The first kappa shape index (κ1) is 19.1. The van der Waals surface area contributed by atoms with Crippen molar-refractivity contribution in [1.82, 2.24) is 9.88 Å². The Bertz CT molecular complexity index is 1170. The molecule has 0 atom stereocenters. The van der Waals surface area contributed by atoms with Gasteiger partial charge in [-0.25, -0.2) is 14.3 Å². The molecule has 158 valence electrons. The number of fused-ring (bicyclic) bond motifs is 1. The van der Waals surface area contributed by atoms with Gasteiger partial charge >= 0.3 is 5.91 Å². The highest BCUT2D eigenvalue weighted by Gasteiger charge is 2.62. The molecule has 7 heteroatoms. The van der Waals surface area contributed by atoms with E-state index in [-0.39, 0.29) is 11.8 Å². The number of benzene rings is 2. The van der Waals surface area contributed by atoms with Gasteiger partial charge in [-0.1, -0.05) is 18.2 Å². The Kier molecular flexibility index (Phi) is 4.28. The van der Waals surface area contributed by atoms with Crippen LogP contribution in [0.5, 0.6) is 0 Å². The average molecular weight is 435 g/mol. The second-order valence-corrected chi connectivity index (χ2v) is 9.81. The molecule has 0 radical (unpaired) electrons. The lowest BCUT2D eigenvalue weighted by Crippen LogP contribution is -2.64. The fourth-order valence-corrected chi connectivity index (χ4v) is 5.72. The van der Waals surface area contributed by atoms with Crippen LogP contribution in [0.15, 0.2) is 48.0 Å². The molecule has 1 saturated carbocycles. The third kappa shape index (κ3) is 2.95. The summed E-state index contributed by atoms with van der Waals surface area (Å²) in [5.74, 6) is 0.276. The molecule has 2 amide bonds. The molecule has 2 aromatic carbocycles. The van der Waals surface area contributed by atoms with E-state index in [9.17, 15) is 9.59 Å². The van der Waals surface area contributed by atoms with Crippen LogP contribution in [-0.2, 0) is 9.53 Å². The molecule has 3 fully saturated rings. The Morgan fingerprint density at radius 3 is 2.48 bits per heavy atom. The quantitative estimate of drug-likeness (QED) is 0.578. The number of rotatable bonds is 2. The molecular formula is C24H24N3O3S+. The molecular weight excluding hydrogens is 410 g/mol. The van der Waals surface area contributed by atoms with Crippen molar-refractivity contribution in [2.75, 3.05) is 32.9 Å². The van der Waals surface area contributed by atoms with Crippen molar-refractivity contribution >= 4 is 33.4 Å². The summed E-state index contributed by atoms with van der Waals surface area (Å²) in [5.41, 5.74) is 5.20. The molecule has 0 N–H and O–H groups in total. The molecule has 1 aromatic heterocycles. The molecule has 3 aliphatic rings. The monoisotopic (exact) mass is 434 g/mol. The highest BCUT2D eigenvalue weighted by molar-refractivity contribution is 7.16. The lowest BCUT2D eigenvalue weighted by Gasteiger charge is -2.40. The van der Waals surface area contributed by atoms with Gasteiger partial charge in [0.05, 0.1) is 28.8 Å². The second-order valence-electron chi connectivity index (χ2n) is 8.92. The van der Waals surface area contributed by atoms with Gasteiger partial charge in [0.25, 0.3) is 5.91 Å². The van der Waals surface area contributed by atoms with Gasteiger partial charge in [0.1, 0.15) is 13.1 Å². The first-order valence-electron chi connectivity index (χ1n) is 10.9. The summed E-state index contributed by atoms with van der Waals surface area (Å²) in [6, 6.07) is 14.1. The maximum absolute atomic E-state index is 13.1. The van der Waals surface area contributed by atoms with Crippen LogP contribution in [-0.4, -0.2) is 64.7 Å². The fourth-order valence-electron chi connectivity index (χ4n) is 5.06. The predicted octanol–water partition coefficient (Wildman–Crippen LogP) is 3.67. The van der Waals surface area contributed by atoms with Gasteiger partial charge in [0.2, 0.25) is 0 Å². The van der Waals surface area contributed by atoms with Crippen LogP contribution >= 0.6 is 11.3 Å². The number of nitrogens with zero attached hydrogens (tertiary/aromatic N) is 3. The number of quaternary nitrogens is 1.